The number of ether oxygens (including phenoxy) is 1. The van der Waals surface area contributed by atoms with Crippen molar-refractivity contribution >= 4 is 23.2 Å². The fraction of sp³-hybridized carbons (Fsp3) is 0.517. The van der Waals surface area contributed by atoms with Gasteiger partial charge in [-0.2, -0.15) is 5.26 Å². The second-order valence-electron chi connectivity index (χ2n) is 11.3. The number of aliphatic hydroxyl groups excluding tert-OH is 1. The first-order valence-electron chi connectivity index (χ1n) is 12.7. The van der Waals surface area contributed by atoms with Crippen molar-refractivity contribution in [1.82, 2.24) is 5.32 Å². The summed E-state index contributed by atoms with van der Waals surface area (Å²) in [7, 11) is 0. The van der Waals surface area contributed by atoms with Gasteiger partial charge in [0.15, 0.2) is 0 Å². The van der Waals surface area contributed by atoms with Gasteiger partial charge in [-0.15, -0.1) is 0 Å². The van der Waals surface area contributed by atoms with Crippen LogP contribution >= 0.6 is 11.6 Å². The molecule has 0 unspecified atom stereocenters. The van der Waals surface area contributed by atoms with E-state index in [-0.39, 0.29) is 35.5 Å². The highest BCUT2D eigenvalue weighted by Gasteiger charge is 2.64. The smallest absolute Gasteiger partial charge is 0.251 e. The number of halogens is 1. The molecule has 1 heterocycles. The molecular weight excluding hydrogens is 474 g/mol. The van der Waals surface area contributed by atoms with Crippen molar-refractivity contribution in [3.8, 4) is 11.8 Å². The SMILES string of the molecule is CC1(C)[C@H](NC(=O)c2ccc(N3CCC(CCO)CC3)cc2)C(C)(C)[C@H]1Oc1ccc(C#N)c(Cl)c1. The van der Waals surface area contributed by atoms with E-state index in [1.165, 1.54) is 0 Å². The lowest BCUT2D eigenvalue weighted by atomic mass is 9.49. The Balaban J connectivity index is 1.38. The van der Waals surface area contributed by atoms with E-state index in [4.69, 9.17) is 26.7 Å². The molecule has 2 N–H and O–H groups in total. The maximum Gasteiger partial charge on any atom is 0.251 e. The Morgan fingerprint density at radius 2 is 1.78 bits per heavy atom. The molecule has 1 aliphatic carbocycles. The first-order chi connectivity index (χ1) is 17.1. The summed E-state index contributed by atoms with van der Waals surface area (Å²) in [6.45, 7) is 10.6. The topological polar surface area (TPSA) is 85.6 Å². The van der Waals surface area contributed by atoms with Crippen molar-refractivity contribution in [2.75, 3.05) is 24.6 Å². The Kier molecular flexibility index (Phi) is 7.54. The number of hydrogen-bond donors (Lipinski definition) is 2. The zero-order valence-electron chi connectivity index (χ0n) is 21.6. The summed E-state index contributed by atoms with van der Waals surface area (Å²) < 4.78 is 6.32. The summed E-state index contributed by atoms with van der Waals surface area (Å²) >= 11 is 6.19. The minimum atomic E-state index is -0.307. The van der Waals surface area contributed by atoms with Crippen LogP contribution in [0.5, 0.6) is 5.75 Å². The number of nitriles is 1. The number of benzene rings is 2. The number of carbonyl (C=O) groups excluding carboxylic acids is 1. The van der Waals surface area contributed by atoms with E-state index >= 15 is 0 Å². The fourth-order valence-corrected chi connectivity index (χ4v) is 6.51. The van der Waals surface area contributed by atoms with E-state index in [1.807, 2.05) is 24.3 Å². The molecule has 192 valence electrons. The van der Waals surface area contributed by atoms with Gasteiger partial charge in [0.25, 0.3) is 5.91 Å². The summed E-state index contributed by atoms with van der Waals surface area (Å²) in [5.74, 6) is 1.13. The number of anilines is 1. The largest absolute Gasteiger partial charge is 0.489 e. The van der Waals surface area contributed by atoms with Crippen LogP contribution in [0, 0.1) is 28.1 Å². The highest BCUT2D eigenvalue weighted by atomic mass is 35.5. The van der Waals surface area contributed by atoms with Crippen molar-refractivity contribution in [2.45, 2.75) is 59.1 Å². The number of amides is 1. The van der Waals surface area contributed by atoms with Gasteiger partial charge in [-0.1, -0.05) is 39.3 Å². The number of hydrogen-bond acceptors (Lipinski definition) is 5. The van der Waals surface area contributed by atoms with Gasteiger partial charge < -0.3 is 20.1 Å². The second kappa shape index (κ2) is 10.3. The lowest BCUT2D eigenvalue weighted by molar-refractivity contribution is -0.164. The summed E-state index contributed by atoms with van der Waals surface area (Å²) in [6, 6.07) is 14.9. The summed E-state index contributed by atoms with van der Waals surface area (Å²) in [4.78, 5) is 15.5. The molecule has 7 heteroatoms. The number of nitrogens with one attached hydrogen (secondary N) is 1. The van der Waals surface area contributed by atoms with Crippen molar-refractivity contribution in [1.29, 1.82) is 5.26 Å². The van der Waals surface area contributed by atoms with E-state index in [9.17, 15) is 4.79 Å². The standard InChI is InChI=1S/C29H36ClN3O3/c1-28(2)26(29(3,4)27(28)36-23-10-7-21(18-31)24(30)17-23)32-25(35)20-5-8-22(9-6-20)33-14-11-19(12-15-33)13-16-34/h5-10,17,19,26-27,34H,11-16H2,1-4H3,(H,32,35)/t26-,27-. The molecule has 1 aliphatic heterocycles. The second-order valence-corrected chi connectivity index (χ2v) is 11.7. The maximum absolute atomic E-state index is 13.2. The Labute approximate surface area is 219 Å². The highest BCUT2D eigenvalue weighted by Crippen LogP contribution is 2.55. The molecule has 2 fully saturated rings. The zero-order valence-corrected chi connectivity index (χ0v) is 22.3. The highest BCUT2D eigenvalue weighted by molar-refractivity contribution is 6.31. The lowest BCUT2D eigenvalue weighted by Gasteiger charge is -2.63. The summed E-state index contributed by atoms with van der Waals surface area (Å²) in [5.41, 5.74) is 1.58. The molecule has 2 aliphatic rings. The van der Waals surface area contributed by atoms with E-state index in [2.05, 4.69) is 44.0 Å². The molecule has 2 aromatic rings. The third-order valence-corrected chi connectivity index (χ3v) is 8.39. The van der Waals surface area contributed by atoms with Crippen LogP contribution in [0.3, 0.4) is 0 Å². The summed E-state index contributed by atoms with van der Waals surface area (Å²) in [5, 5.41) is 21.9. The number of aliphatic hydroxyl groups is 1. The maximum atomic E-state index is 13.2. The Morgan fingerprint density at radius 1 is 1.14 bits per heavy atom. The van der Waals surface area contributed by atoms with Crippen LogP contribution in [0.1, 0.15) is 62.9 Å². The van der Waals surface area contributed by atoms with Gasteiger partial charge in [-0.05, 0) is 61.6 Å². The first kappa shape index (κ1) is 26.3. The number of piperidine rings is 1. The predicted molar refractivity (Wildman–Crippen MR) is 142 cm³/mol. The number of nitrogens with zero attached hydrogens (tertiary/aromatic N) is 2. The van der Waals surface area contributed by atoms with Gasteiger partial charge >= 0.3 is 0 Å². The van der Waals surface area contributed by atoms with Crippen molar-refractivity contribution < 1.29 is 14.6 Å². The minimum Gasteiger partial charge on any atom is -0.489 e. The average Bonchev–Trinajstić information content (AvgIpc) is 2.86. The van der Waals surface area contributed by atoms with Gasteiger partial charge in [-0.25, -0.2) is 0 Å². The van der Waals surface area contributed by atoms with E-state index in [1.54, 1.807) is 18.2 Å². The predicted octanol–water partition coefficient (Wildman–Crippen LogP) is 5.42. The fourth-order valence-electron chi connectivity index (χ4n) is 6.30. The molecule has 0 bridgehead atoms. The van der Waals surface area contributed by atoms with E-state index < -0.39 is 0 Å². The Morgan fingerprint density at radius 3 is 2.33 bits per heavy atom. The third kappa shape index (κ3) is 5.05. The molecule has 0 spiro atoms. The molecule has 0 atom stereocenters. The van der Waals surface area contributed by atoms with Crippen LogP contribution in [0.2, 0.25) is 5.02 Å². The molecule has 1 saturated carbocycles. The van der Waals surface area contributed by atoms with Crippen molar-refractivity contribution in [2.24, 2.45) is 16.7 Å². The van der Waals surface area contributed by atoms with E-state index in [0.717, 1.165) is 38.0 Å². The van der Waals surface area contributed by atoms with Crippen LogP contribution in [0.15, 0.2) is 42.5 Å². The quantitative estimate of drug-likeness (QED) is 0.520. The van der Waals surface area contributed by atoms with Crippen molar-refractivity contribution in [3.63, 3.8) is 0 Å². The van der Waals surface area contributed by atoms with E-state index in [0.29, 0.717) is 27.8 Å². The van der Waals surface area contributed by atoms with Crippen LogP contribution in [0.4, 0.5) is 5.69 Å². The van der Waals surface area contributed by atoms with Gasteiger partial charge in [0.2, 0.25) is 0 Å². The molecule has 36 heavy (non-hydrogen) atoms. The minimum absolute atomic E-state index is 0.0819. The van der Waals surface area contributed by atoms with Gasteiger partial charge in [-0.3, -0.25) is 4.79 Å². The number of carbonyl (C=O) groups is 1. The molecule has 2 aromatic carbocycles. The third-order valence-electron chi connectivity index (χ3n) is 8.08. The van der Waals surface area contributed by atoms with Crippen LogP contribution in [-0.2, 0) is 0 Å². The molecule has 6 nitrogen and oxygen atoms in total. The molecular formula is C29H36ClN3O3. The number of rotatable bonds is 7. The molecule has 1 saturated heterocycles. The monoisotopic (exact) mass is 509 g/mol. The van der Waals surface area contributed by atoms with Gasteiger partial charge in [0.05, 0.1) is 10.6 Å². The normalized spacial score (nSPS) is 22.9. The van der Waals surface area contributed by atoms with Crippen LogP contribution in [0.25, 0.3) is 0 Å². The molecule has 4 rings (SSSR count). The zero-order chi connectivity index (χ0) is 26.1. The molecule has 0 aromatic heterocycles. The lowest BCUT2D eigenvalue weighted by Crippen LogP contribution is -2.74. The molecule has 1 amide bonds. The first-order valence-corrected chi connectivity index (χ1v) is 13.1. The van der Waals surface area contributed by atoms with Gasteiger partial charge in [0.1, 0.15) is 17.9 Å². The van der Waals surface area contributed by atoms with Crippen molar-refractivity contribution in [3.05, 3.63) is 58.6 Å². The van der Waals surface area contributed by atoms with Crippen LogP contribution in [-0.4, -0.2) is 42.9 Å². The average molecular weight is 510 g/mol. The van der Waals surface area contributed by atoms with Gasteiger partial charge in [0, 0.05) is 53.9 Å². The Hall–Kier alpha value is -2.75. The summed E-state index contributed by atoms with van der Waals surface area (Å²) in [6.07, 6.45) is 2.92. The Bertz CT molecular complexity index is 1120. The van der Waals surface area contributed by atoms with Crippen LogP contribution < -0.4 is 15.0 Å². The molecule has 0 radical (unpaired) electrons.